The van der Waals surface area contributed by atoms with Gasteiger partial charge in [-0.3, -0.25) is 0 Å². The van der Waals surface area contributed by atoms with Gasteiger partial charge in [-0.2, -0.15) is 0 Å². The lowest BCUT2D eigenvalue weighted by atomic mass is 9.84. The minimum atomic E-state index is 0.276. The van der Waals surface area contributed by atoms with Gasteiger partial charge < -0.3 is 5.73 Å². The molecule has 4 unspecified atom stereocenters. The van der Waals surface area contributed by atoms with Crippen molar-refractivity contribution in [2.24, 2.45) is 17.6 Å². The Morgan fingerprint density at radius 1 is 1.12 bits per heavy atom. The van der Waals surface area contributed by atoms with Crippen LogP contribution in [0.4, 0.5) is 0 Å². The zero-order valence-corrected chi connectivity index (χ0v) is 12.6. The van der Waals surface area contributed by atoms with E-state index in [-0.39, 0.29) is 5.37 Å². The molecule has 0 aliphatic heterocycles. The number of thioether (sulfide) groups is 1. The smallest absolute Gasteiger partial charge is 0.0481 e. The van der Waals surface area contributed by atoms with Gasteiger partial charge in [-0.15, -0.1) is 11.8 Å². The van der Waals surface area contributed by atoms with E-state index in [0.29, 0.717) is 5.25 Å². The Morgan fingerprint density at radius 2 is 1.75 bits per heavy atom. The minimum Gasteiger partial charge on any atom is -0.320 e. The first-order valence-electron chi connectivity index (χ1n) is 6.92. The van der Waals surface area contributed by atoms with Crippen LogP contribution in [-0.4, -0.2) is 10.6 Å². The Balaban J connectivity index is 3.94. The highest BCUT2D eigenvalue weighted by Crippen LogP contribution is 2.29. The van der Waals surface area contributed by atoms with E-state index in [2.05, 4.69) is 34.6 Å². The first kappa shape index (κ1) is 16.3. The van der Waals surface area contributed by atoms with Gasteiger partial charge in [0.25, 0.3) is 0 Å². The molecule has 0 saturated carbocycles. The van der Waals surface area contributed by atoms with Crippen LogP contribution in [0, 0.1) is 11.8 Å². The standard InChI is InChI=1S/C14H31NS/c1-6-8-9-14(7-2)11(3)10-12(4)16-13(5)15/h11-14H,6-10,15H2,1-5H3. The summed E-state index contributed by atoms with van der Waals surface area (Å²) in [7, 11) is 0. The lowest BCUT2D eigenvalue weighted by Crippen LogP contribution is -2.19. The molecule has 0 fully saturated rings. The molecule has 0 saturated heterocycles. The van der Waals surface area contributed by atoms with Crippen LogP contribution in [0.5, 0.6) is 0 Å². The summed E-state index contributed by atoms with van der Waals surface area (Å²) in [6.45, 7) is 11.4. The van der Waals surface area contributed by atoms with Gasteiger partial charge in [0, 0.05) is 10.6 Å². The predicted octanol–water partition coefficient (Wildman–Crippen LogP) is 4.66. The van der Waals surface area contributed by atoms with Crippen molar-refractivity contribution in [2.75, 3.05) is 0 Å². The van der Waals surface area contributed by atoms with Gasteiger partial charge in [-0.1, -0.05) is 53.4 Å². The van der Waals surface area contributed by atoms with Crippen molar-refractivity contribution in [3.05, 3.63) is 0 Å². The van der Waals surface area contributed by atoms with Crippen molar-refractivity contribution in [3.8, 4) is 0 Å². The molecular weight excluding hydrogens is 214 g/mol. The number of rotatable bonds is 9. The molecule has 0 aromatic carbocycles. The largest absolute Gasteiger partial charge is 0.320 e. The third kappa shape index (κ3) is 7.56. The van der Waals surface area contributed by atoms with Gasteiger partial charge >= 0.3 is 0 Å². The second kappa shape index (κ2) is 9.35. The maximum atomic E-state index is 5.82. The fourth-order valence-corrected chi connectivity index (χ4v) is 3.64. The summed E-state index contributed by atoms with van der Waals surface area (Å²) in [6, 6.07) is 0. The third-order valence-corrected chi connectivity index (χ3v) is 4.49. The fraction of sp³-hybridized carbons (Fsp3) is 1.00. The van der Waals surface area contributed by atoms with Crippen molar-refractivity contribution in [2.45, 2.75) is 77.3 Å². The maximum absolute atomic E-state index is 5.82. The number of nitrogens with two attached hydrogens (primary N) is 1. The van der Waals surface area contributed by atoms with Crippen molar-refractivity contribution >= 4 is 11.8 Å². The fourth-order valence-electron chi connectivity index (χ4n) is 2.50. The van der Waals surface area contributed by atoms with E-state index < -0.39 is 0 Å². The van der Waals surface area contributed by atoms with Crippen LogP contribution in [0.15, 0.2) is 0 Å². The van der Waals surface area contributed by atoms with E-state index in [1.54, 1.807) is 0 Å². The molecule has 0 bridgehead atoms. The molecule has 0 heterocycles. The Labute approximate surface area is 107 Å². The molecular formula is C14H31NS. The summed E-state index contributed by atoms with van der Waals surface area (Å²) in [6.07, 6.45) is 6.76. The topological polar surface area (TPSA) is 26.0 Å². The van der Waals surface area contributed by atoms with E-state index in [9.17, 15) is 0 Å². The molecule has 2 heteroatoms. The summed E-state index contributed by atoms with van der Waals surface area (Å²) in [5.74, 6) is 1.76. The number of unbranched alkanes of at least 4 members (excludes halogenated alkanes) is 1. The van der Waals surface area contributed by atoms with Crippen molar-refractivity contribution in [1.29, 1.82) is 0 Å². The molecule has 98 valence electrons. The maximum Gasteiger partial charge on any atom is 0.0481 e. The zero-order chi connectivity index (χ0) is 12.6. The molecule has 0 aliphatic rings. The van der Waals surface area contributed by atoms with Gasteiger partial charge in [-0.05, 0) is 25.2 Å². The third-order valence-electron chi connectivity index (χ3n) is 3.41. The lowest BCUT2D eigenvalue weighted by molar-refractivity contribution is 0.302. The van der Waals surface area contributed by atoms with Crippen LogP contribution in [0.3, 0.4) is 0 Å². The summed E-state index contributed by atoms with van der Waals surface area (Å²) < 4.78 is 0. The van der Waals surface area contributed by atoms with Crippen LogP contribution in [-0.2, 0) is 0 Å². The molecule has 2 N–H and O–H groups in total. The van der Waals surface area contributed by atoms with E-state index in [4.69, 9.17) is 5.73 Å². The van der Waals surface area contributed by atoms with Crippen LogP contribution in [0.25, 0.3) is 0 Å². The first-order valence-corrected chi connectivity index (χ1v) is 7.86. The van der Waals surface area contributed by atoms with E-state index in [1.807, 2.05) is 11.8 Å². The second-order valence-corrected chi connectivity index (χ2v) is 7.00. The summed E-state index contributed by atoms with van der Waals surface area (Å²) >= 11 is 1.91. The Kier molecular flexibility index (Phi) is 9.53. The first-order chi connectivity index (χ1) is 7.51. The average molecular weight is 245 g/mol. The molecule has 4 atom stereocenters. The van der Waals surface area contributed by atoms with Crippen LogP contribution < -0.4 is 5.73 Å². The van der Waals surface area contributed by atoms with Gasteiger partial charge in [0.1, 0.15) is 0 Å². The van der Waals surface area contributed by atoms with Gasteiger partial charge in [0.2, 0.25) is 0 Å². The Morgan fingerprint density at radius 3 is 2.19 bits per heavy atom. The van der Waals surface area contributed by atoms with Crippen LogP contribution in [0.2, 0.25) is 0 Å². The molecule has 1 nitrogen and oxygen atoms in total. The van der Waals surface area contributed by atoms with E-state index in [1.165, 1.54) is 32.1 Å². The van der Waals surface area contributed by atoms with Crippen molar-refractivity contribution in [1.82, 2.24) is 0 Å². The molecule has 16 heavy (non-hydrogen) atoms. The molecule has 0 spiro atoms. The van der Waals surface area contributed by atoms with Crippen LogP contribution >= 0.6 is 11.8 Å². The van der Waals surface area contributed by atoms with Crippen molar-refractivity contribution in [3.63, 3.8) is 0 Å². The highest BCUT2D eigenvalue weighted by Gasteiger charge is 2.18. The Hall–Kier alpha value is 0.310. The lowest BCUT2D eigenvalue weighted by Gasteiger charge is -2.26. The molecule has 0 aromatic heterocycles. The monoisotopic (exact) mass is 245 g/mol. The minimum absolute atomic E-state index is 0.276. The highest BCUT2D eigenvalue weighted by molar-refractivity contribution is 8.00. The molecule has 0 aromatic rings. The predicted molar refractivity (Wildman–Crippen MR) is 77.8 cm³/mol. The summed E-state index contributed by atoms with van der Waals surface area (Å²) in [5, 5.41) is 0.976. The summed E-state index contributed by atoms with van der Waals surface area (Å²) in [5.41, 5.74) is 5.82. The summed E-state index contributed by atoms with van der Waals surface area (Å²) in [4.78, 5) is 0. The SMILES string of the molecule is CCCCC(CC)C(C)CC(C)SC(C)N. The van der Waals surface area contributed by atoms with Crippen molar-refractivity contribution < 1.29 is 0 Å². The molecule has 0 aliphatic carbocycles. The number of hydrogen-bond acceptors (Lipinski definition) is 2. The highest BCUT2D eigenvalue weighted by atomic mass is 32.2. The van der Waals surface area contributed by atoms with Gasteiger partial charge in [0.15, 0.2) is 0 Å². The molecule has 0 amide bonds. The van der Waals surface area contributed by atoms with E-state index in [0.717, 1.165) is 11.8 Å². The zero-order valence-electron chi connectivity index (χ0n) is 11.8. The average Bonchev–Trinajstić information content (AvgIpc) is 2.17. The quantitative estimate of drug-likeness (QED) is 0.598. The van der Waals surface area contributed by atoms with Crippen LogP contribution in [0.1, 0.15) is 66.7 Å². The second-order valence-electron chi connectivity index (χ2n) is 5.18. The molecule has 0 rings (SSSR count). The molecule has 0 radical (unpaired) electrons. The number of hydrogen-bond donors (Lipinski definition) is 1. The van der Waals surface area contributed by atoms with Gasteiger partial charge in [0.05, 0.1) is 0 Å². The normalized spacial score (nSPS) is 19.1. The Bertz CT molecular complexity index is 159. The van der Waals surface area contributed by atoms with E-state index >= 15 is 0 Å². The van der Waals surface area contributed by atoms with Gasteiger partial charge in [-0.25, -0.2) is 0 Å².